The lowest BCUT2D eigenvalue weighted by molar-refractivity contribution is 0.348. The van der Waals surface area contributed by atoms with E-state index < -0.39 is 0 Å². The second-order valence-electron chi connectivity index (χ2n) is 5.51. The molecule has 1 aliphatic heterocycles. The number of anilines is 1. The fourth-order valence-electron chi connectivity index (χ4n) is 2.58. The highest BCUT2D eigenvalue weighted by Gasteiger charge is 2.20. The van der Waals surface area contributed by atoms with Gasteiger partial charge >= 0.3 is 0 Å². The number of hydrogen-bond acceptors (Lipinski definition) is 2. The molecule has 1 N–H and O–H groups in total. The Morgan fingerprint density at radius 1 is 1.00 bits per heavy atom. The summed E-state index contributed by atoms with van der Waals surface area (Å²) in [4.78, 5) is 2.38. The van der Waals surface area contributed by atoms with Crippen molar-refractivity contribution < 1.29 is 0 Å². The molecule has 1 heterocycles. The average molecular weight is 321 g/mol. The Labute approximate surface area is 135 Å². The van der Waals surface area contributed by atoms with E-state index in [0.29, 0.717) is 5.92 Å². The number of nitrogens with one attached hydrogen (secondary N) is 1. The number of nitrogens with zero attached hydrogens (tertiary/aromatic N) is 1. The van der Waals surface area contributed by atoms with Crippen molar-refractivity contribution in [2.24, 2.45) is 5.92 Å². The minimum Gasteiger partial charge on any atom is -0.367 e. The second-order valence-corrected chi connectivity index (χ2v) is 6.39. The molecule has 0 saturated carbocycles. The summed E-state index contributed by atoms with van der Waals surface area (Å²) >= 11 is 12.2. The van der Waals surface area contributed by atoms with Crippen LogP contribution in [0.15, 0.2) is 48.5 Å². The lowest BCUT2D eigenvalue weighted by Crippen LogP contribution is -2.48. The van der Waals surface area contributed by atoms with Gasteiger partial charge in [-0.25, -0.2) is 0 Å². The molecular formula is C17H18Cl2N2. The van der Waals surface area contributed by atoms with E-state index in [4.69, 9.17) is 23.2 Å². The van der Waals surface area contributed by atoms with Gasteiger partial charge in [-0.3, -0.25) is 0 Å². The molecule has 0 aliphatic carbocycles. The van der Waals surface area contributed by atoms with Crippen molar-refractivity contribution in [3.63, 3.8) is 0 Å². The molecule has 2 aromatic rings. The molecule has 0 spiro atoms. The predicted octanol–water partition coefficient (Wildman–Crippen LogP) is 4.22. The molecule has 0 unspecified atom stereocenters. The van der Waals surface area contributed by atoms with Crippen LogP contribution in [0.1, 0.15) is 5.56 Å². The summed E-state index contributed by atoms with van der Waals surface area (Å²) in [7, 11) is 0. The SMILES string of the molecule is Clc1cccc(CN(CC2CNC2)c2cccc(Cl)c2)c1. The van der Waals surface area contributed by atoms with E-state index in [1.165, 1.54) is 5.56 Å². The standard InChI is InChI=1S/C17H18Cl2N2/c18-15-4-1-3-13(7-15)11-21(12-14-9-20-10-14)17-6-2-5-16(19)8-17/h1-8,14,20H,9-12H2. The Hall–Kier alpha value is -1.22. The van der Waals surface area contributed by atoms with Crippen molar-refractivity contribution >= 4 is 28.9 Å². The summed E-state index contributed by atoms with van der Waals surface area (Å²) in [6.45, 7) is 4.05. The first-order valence-electron chi connectivity index (χ1n) is 7.16. The maximum Gasteiger partial charge on any atom is 0.0430 e. The van der Waals surface area contributed by atoms with Gasteiger partial charge in [-0.15, -0.1) is 0 Å². The van der Waals surface area contributed by atoms with Crippen LogP contribution in [0.2, 0.25) is 10.0 Å². The van der Waals surface area contributed by atoms with E-state index in [1.807, 2.05) is 36.4 Å². The first-order valence-corrected chi connectivity index (χ1v) is 7.92. The highest BCUT2D eigenvalue weighted by atomic mass is 35.5. The minimum atomic E-state index is 0.697. The highest BCUT2D eigenvalue weighted by Crippen LogP contribution is 2.24. The van der Waals surface area contributed by atoms with E-state index in [9.17, 15) is 0 Å². The molecular weight excluding hydrogens is 303 g/mol. The molecule has 0 radical (unpaired) electrons. The van der Waals surface area contributed by atoms with Gasteiger partial charge < -0.3 is 10.2 Å². The first kappa shape index (κ1) is 14.7. The van der Waals surface area contributed by atoms with Crippen LogP contribution < -0.4 is 10.2 Å². The van der Waals surface area contributed by atoms with Gasteiger partial charge in [0, 0.05) is 47.8 Å². The Morgan fingerprint density at radius 2 is 1.71 bits per heavy atom. The number of hydrogen-bond donors (Lipinski definition) is 1. The molecule has 4 heteroatoms. The van der Waals surface area contributed by atoms with E-state index >= 15 is 0 Å². The molecule has 1 fully saturated rings. The zero-order valence-corrected chi connectivity index (χ0v) is 13.2. The molecule has 3 rings (SSSR count). The smallest absolute Gasteiger partial charge is 0.0430 e. The van der Waals surface area contributed by atoms with Crippen LogP contribution in [0.5, 0.6) is 0 Å². The molecule has 2 nitrogen and oxygen atoms in total. The molecule has 2 aromatic carbocycles. The van der Waals surface area contributed by atoms with Crippen molar-refractivity contribution in [3.05, 3.63) is 64.1 Å². The highest BCUT2D eigenvalue weighted by molar-refractivity contribution is 6.31. The molecule has 21 heavy (non-hydrogen) atoms. The quantitative estimate of drug-likeness (QED) is 0.887. The summed E-state index contributed by atoms with van der Waals surface area (Å²) < 4.78 is 0. The van der Waals surface area contributed by atoms with Crippen LogP contribution in [-0.4, -0.2) is 19.6 Å². The van der Waals surface area contributed by atoms with Crippen LogP contribution >= 0.6 is 23.2 Å². The maximum atomic E-state index is 6.14. The molecule has 0 bridgehead atoms. The van der Waals surface area contributed by atoms with Gasteiger partial charge in [0.2, 0.25) is 0 Å². The van der Waals surface area contributed by atoms with Gasteiger partial charge in [-0.05, 0) is 35.9 Å². The zero-order valence-electron chi connectivity index (χ0n) is 11.7. The Balaban J connectivity index is 1.81. The van der Waals surface area contributed by atoms with Crippen LogP contribution in [0.25, 0.3) is 0 Å². The Kier molecular flexibility index (Phi) is 4.69. The third kappa shape index (κ3) is 3.91. The van der Waals surface area contributed by atoms with Crippen molar-refractivity contribution in [2.75, 3.05) is 24.5 Å². The molecule has 110 valence electrons. The van der Waals surface area contributed by atoms with E-state index in [0.717, 1.165) is 41.9 Å². The van der Waals surface area contributed by atoms with Crippen LogP contribution in [-0.2, 0) is 6.54 Å². The van der Waals surface area contributed by atoms with E-state index in [2.05, 4.69) is 22.3 Å². The van der Waals surface area contributed by atoms with Crippen molar-refractivity contribution in [3.8, 4) is 0 Å². The molecule has 0 atom stereocenters. The molecule has 1 saturated heterocycles. The van der Waals surface area contributed by atoms with E-state index in [-0.39, 0.29) is 0 Å². The fourth-order valence-corrected chi connectivity index (χ4v) is 2.98. The number of rotatable bonds is 5. The predicted molar refractivity (Wildman–Crippen MR) is 90.3 cm³/mol. The zero-order chi connectivity index (χ0) is 14.7. The lowest BCUT2D eigenvalue weighted by atomic mass is 10.0. The lowest BCUT2D eigenvalue weighted by Gasteiger charge is -2.34. The Morgan fingerprint density at radius 3 is 2.33 bits per heavy atom. The van der Waals surface area contributed by atoms with E-state index in [1.54, 1.807) is 0 Å². The van der Waals surface area contributed by atoms with Gasteiger partial charge in [0.25, 0.3) is 0 Å². The minimum absolute atomic E-state index is 0.697. The normalized spacial score (nSPS) is 14.8. The van der Waals surface area contributed by atoms with Crippen molar-refractivity contribution in [1.82, 2.24) is 5.32 Å². The summed E-state index contributed by atoms with van der Waals surface area (Å²) in [5.74, 6) is 0.697. The summed E-state index contributed by atoms with van der Waals surface area (Å²) in [5.41, 5.74) is 2.38. The largest absolute Gasteiger partial charge is 0.367 e. The van der Waals surface area contributed by atoms with Crippen molar-refractivity contribution in [1.29, 1.82) is 0 Å². The van der Waals surface area contributed by atoms with Gasteiger partial charge in [-0.1, -0.05) is 41.4 Å². The molecule has 1 aliphatic rings. The first-order chi connectivity index (χ1) is 10.2. The van der Waals surface area contributed by atoms with Gasteiger partial charge in [-0.2, -0.15) is 0 Å². The van der Waals surface area contributed by atoms with Crippen LogP contribution in [0.4, 0.5) is 5.69 Å². The van der Waals surface area contributed by atoms with Gasteiger partial charge in [0.15, 0.2) is 0 Å². The van der Waals surface area contributed by atoms with Crippen LogP contribution in [0, 0.1) is 5.92 Å². The monoisotopic (exact) mass is 320 g/mol. The average Bonchev–Trinajstić information content (AvgIpc) is 2.41. The van der Waals surface area contributed by atoms with Crippen molar-refractivity contribution in [2.45, 2.75) is 6.54 Å². The molecule has 0 amide bonds. The van der Waals surface area contributed by atoms with Crippen LogP contribution in [0.3, 0.4) is 0 Å². The topological polar surface area (TPSA) is 15.3 Å². The maximum absolute atomic E-state index is 6.14. The molecule has 0 aromatic heterocycles. The van der Waals surface area contributed by atoms with Gasteiger partial charge in [0.1, 0.15) is 0 Å². The summed E-state index contributed by atoms with van der Waals surface area (Å²) in [6, 6.07) is 16.1. The third-order valence-electron chi connectivity index (χ3n) is 3.78. The fraction of sp³-hybridized carbons (Fsp3) is 0.294. The summed E-state index contributed by atoms with van der Waals surface area (Å²) in [6.07, 6.45) is 0. The Bertz CT molecular complexity index is 611. The second kappa shape index (κ2) is 6.69. The summed E-state index contributed by atoms with van der Waals surface area (Å²) in [5, 5.41) is 4.88. The third-order valence-corrected chi connectivity index (χ3v) is 4.25. The van der Waals surface area contributed by atoms with Gasteiger partial charge in [0.05, 0.1) is 0 Å². The number of halogens is 2. The number of benzene rings is 2.